The van der Waals surface area contributed by atoms with Crippen molar-refractivity contribution in [1.82, 2.24) is 19.3 Å². The van der Waals surface area contributed by atoms with Crippen LogP contribution < -0.4 is 4.90 Å². The van der Waals surface area contributed by atoms with Gasteiger partial charge in [-0.3, -0.25) is 9.55 Å². The van der Waals surface area contributed by atoms with Gasteiger partial charge in [-0.1, -0.05) is 47.5 Å². The molecule has 0 saturated carbocycles. The van der Waals surface area contributed by atoms with Crippen LogP contribution in [0.3, 0.4) is 0 Å². The molecule has 1 atom stereocenters. The maximum absolute atomic E-state index is 6.16. The molecule has 2 aromatic heterocycles. The van der Waals surface area contributed by atoms with Crippen molar-refractivity contribution in [2.75, 3.05) is 7.05 Å². The van der Waals surface area contributed by atoms with Gasteiger partial charge < -0.3 is 4.90 Å². The molecule has 0 aliphatic carbocycles. The van der Waals surface area contributed by atoms with E-state index in [2.05, 4.69) is 12.0 Å². The van der Waals surface area contributed by atoms with E-state index in [4.69, 9.17) is 40.5 Å². The van der Waals surface area contributed by atoms with Crippen molar-refractivity contribution >= 4 is 35.4 Å². The Morgan fingerprint density at radius 3 is 2.40 bits per heavy atom. The largest absolute Gasteiger partial charge is 0.315 e. The van der Waals surface area contributed by atoms with Crippen molar-refractivity contribution in [1.29, 1.82) is 0 Å². The van der Waals surface area contributed by atoms with Crippen LogP contribution >= 0.6 is 35.4 Å². The van der Waals surface area contributed by atoms with Crippen LogP contribution in [0.15, 0.2) is 73.1 Å². The molecule has 0 fully saturated rings. The fraction of sp³-hybridized carbons (Fsp3) is 0.136. The minimum Gasteiger partial charge on any atom is -0.315 e. The molecule has 2 heterocycles. The standard InChI is InChI=1S/C22H19Cl2N5S/c1-27(14-16-7-8-19(23)20(24)13-16)15-28-22(30)29(18-5-3-2-4-6-18)21(26-28)17-9-11-25-12-10-17/h2-13H,14-15H2,1H3/p+1. The maximum Gasteiger partial charge on any atom is 0.207 e. The zero-order chi connectivity index (χ0) is 21.1. The topological polar surface area (TPSA) is 40.1 Å². The number of para-hydroxylation sites is 1. The lowest BCUT2D eigenvalue weighted by molar-refractivity contribution is -0.917. The number of nitrogens with zero attached hydrogens (tertiary/aromatic N) is 4. The highest BCUT2D eigenvalue weighted by Crippen LogP contribution is 2.23. The predicted octanol–water partition coefficient (Wildman–Crippen LogP) is 4.44. The molecule has 2 aromatic carbocycles. The average Bonchev–Trinajstić information content (AvgIpc) is 3.08. The first-order valence-corrected chi connectivity index (χ1v) is 10.6. The Morgan fingerprint density at radius 2 is 1.70 bits per heavy atom. The predicted molar refractivity (Wildman–Crippen MR) is 123 cm³/mol. The zero-order valence-electron chi connectivity index (χ0n) is 16.3. The quantitative estimate of drug-likeness (QED) is 0.435. The Balaban J connectivity index is 1.67. The first kappa shape index (κ1) is 20.8. The summed E-state index contributed by atoms with van der Waals surface area (Å²) < 4.78 is 4.50. The highest BCUT2D eigenvalue weighted by Gasteiger charge is 2.17. The second kappa shape index (κ2) is 9.10. The van der Waals surface area contributed by atoms with Crippen LogP contribution in [0.5, 0.6) is 0 Å². The molecule has 1 unspecified atom stereocenters. The van der Waals surface area contributed by atoms with Crippen LogP contribution in [0, 0.1) is 4.77 Å². The van der Waals surface area contributed by atoms with Crippen LogP contribution in [-0.2, 0) is 13.2 Å². The fourth-order valence-corrected chi connectivity index (χ4v) is 3.94. The van der Waals surface area contributed by atoms with Crippen LogP contribution in [0.4, 0.5) is 0 Å². The summed E-state index contributed by atoms with van der Waals surface area (Å²) >= 11 is 18.0. The molecule has 0 amide bonds. The molecule has 0 aliphatic rings. The minimum absolute atomic E-state index is 0.559. The summed E-state index contributed by atoms with van der Waals surface area (Å²) in [5.74, 6) is 0.788. The summed E-state index contributed by atoms with van der Waals surface area (Å²) in [5, 5.41) is 5.97. The van der Waals surface area contributed by atoms with Crippen molar-refractivity contribution in [3.05, 3.63) is 93.4 Å². The van der Waals surface area contributed by atoms with Crippen LogP contribution in [0.1, 0.15) is 5.56 Å². The van der Waals surface area contributed by atoms with E-state index in [9.17, 15) is 0 Å². The Labute approximate surface area is 190 Å². The zero-order valence-corrected chi connectivity index (χ0v) is 18.6. The van der Waals surface area contributed by atoms with Gasteiger partial charge in [-0.15, -0.1) is 5.10 Å². The van der Waals surface area contributed by atoms with Crippen molar-refractivity contribution in [3.8, 4) is 17.1 Å². The summed E-state index contributed by atoms with van der Waals surface area (Å²) in [6.45, 7) is 1.37. The molecule has 152 valence electrons. The van der Waals surface area contributed by atoms with Crippen molar-refractivity contribution in [2.24, 2.45) is 0 Å². The van der Waals surface area contributed by atoms with Gasteiger partial charge in [-0.25, -0.2) is 0 Å². The van der Waals surface area contributed by atoms with Crippen molar-refractivity contribution in [3.63, 3.8) is 0 Å². The number of halogens is 2. The van der Waals surface area contributed by atoms with E-state index in [0.717, 1.165) is 29.2 Å². The molecule has 0 aliphatic heterocycles. The lowest BCUT2D eigenvalue weighted by atomic mass is 10.2. The Hall–Kier alpha value is -2.51. The monoisotopic (exact) mass is 456 g/mol. The van der Waals surface area contributed by atoms with E-state index < -0.39 is 0 Å². The summed E-state index contributed by atoms with van der Waals surface area (Å²) in [6.07, 6.45) is 3.52. The SMILES string of the molecule is C[NH+](Cc1ccc(Cl)c(Cl)c1)Cn1nc(-c2ccncc2)n(-c2ccccc2)c1=S. The van der Waals surface area contributed by atoms with Crippen LogP contribution in [-0.4, -0.2) is 26.4 Å². The average molecular weight is 457 g/mol. The van der Waals surface area contributed by atoms with E-state index in [1.54, 1.807) is 12.4 Å². The second-order valence-electron chi connectivity index (χ2n) is 7.05. The van der Waals surface area contributed by atoms with Crippen molar-refractivity contribution < 1.29 is 4.90 Å². The summed E-state index contributed by atoms with van der Waals surface area (Å²) in [4.78, 5) is 5.33. The number of benzene rings is 2. The van der Waals surface area contributed by atoms with E-state index in [1.165, 1.54) is 4.90 Å². The van der Waals surface area contributed by atoms with Crippen LogP contribution in [0.25, 0.3) is 17.1 Å². The van der Waals surface area contributed by atoms with Gasteiger partial charge in [-0.2, -0.15) is 4.68 Å². The number of hydrogen-bond acceptors (Lipinski definition) is 3. The molecule has 1 N–H and O–H groups in total. The number of quaternary nitrogens is 1. The Kier molecular flexibility index (Phi) is 6.29. The van der Waals surface area contributed by atoms with E-state index >= 15 is 0 Å². The van der Waals surface area contributed by atoms with Gasteiger partial charge in [-0.05, 0) is 48.6 Å². The highest BCUT2D eigenvalue weighted by molar-refractivity contribution is 7.71. The number of rotatable bonds is 6. The molecule has 8 heteroatoms. The lowest BCUT2D eigenvalue weighted by Gasteiger charge is -2.14. The molecular weight excluding hydrogens is 437 g/mol. The minimum atomic E-state index is 0.559. The van der Waals surface area contributed by atoms with Gasteiger partial charge >= 0.3 is 0 Å². The summed E-state index contributed by atoms with van der Waals surface area (Å²) in [7, 11) is 2.10. The van der Waals surface area contributed by atoms with E-state index in [0.29, 0.717) is 21.5 Å². The third-order valence-electron chi connectivity index (χ3n) is 4.70. The molecule has 4 aromatic rings. The van der Waals surface area contributed by atoms with Crippen molar-refractivity contribution in [2.45, 2.75) is 13.2 Å². The van der Waals surface area contributed by atoms with Gasteiger partial charge in [0.15, 0.2) is 12.5 Å². The molecular formula is C22H20Cl2N5S+. The number of nitrogens with one attached hydrogen (secondary N) is 1. The number of pyridine rings is 1. The first-order valence-electron chi connectivity index (χ1n) is 9.44. The molecule has 0 spiro atoms. The Bertz CT molecular complexity index is 1210. The van der Waals surface area contributed by atoms with Gasteiger partial charge in [0.25, 0.3) is 0 Å². The molecule has 5 nitrogen and oxygen atoms in total. The smallest absolute Gasteiger partial charge is 0.207 e. The molecule has 0 bridgehead atoms. The summed E-state index contributed by atoms with van der Waals surface area (Å²) in [6, 6.07) is 19.6. The lowest BCUT2D eigenvalue weighted by Crippen LogP contribution is -3.07. The third kappa shape index (κ3) is 4.47. The Morgan fingerprint density at radius 1 is 0.967 bits per heavy atom. The highest BCUT2D eigenvalue weighted by atomic mass is 35.5. The first-order chi connectivity index (χ1) is 14.5. The van der Waals surface area contributed by atoms with Gasteiger partial charge in [0.05, 0.1) is 17.1 Å². The summed E-state index contributed by atoms with van der Waals surface area (Å²) in [5.41, 5.74) is 3.04. The number of hydrogen-bond donors (Lipinski definition) is 1. The fourth-order valence-electron chi connectivity index (χ4n) is 3.32. The van der Waals surface area contributed by atoms with Gasteiger partial charge in [0.2, 0.25) is 4.77 Å². The number of aromatic nitrogens is 4. The normalized spacial score (nSPS) is 12.1. The molecule has 30 heavy (non-hydrogen) atoms. The van der Waals surface area contributed by atoms with E-state index in [1.807, 2.05) is 69.9 Å². The third-order valence-corrected chi connectivity index (χ3v) is 5.83. The maximum atomic E-state index is 6.16. The van der Waals surface area contributed by atoms with E-state index in [-0.39, 0.29) is 0 Å². The van der Waals surface area contributed by atoms with Gasteiger partial charge in [0, 0.05) is 29.2 Å². The molecule has 4 rings (SSSR count). The van der Waals surface area contributed by atoms with Crippen LogP contribution in [0.2, 0.25) is 10.0 Å². The molecule has 0 saturated heterocycles. The van der Waals surface area contributed by atoms with Gasteiger partial charge in [0.1, 0.15) is 6.54 Å². The molecule has 0 radical (unpaired) electrons. The second-order valence-corrected chi connectivity index (χ2v) is 8.23.